The zero-order chi connectivity index (χ0) is 15.1. The molecule has 2 aromatic rings. The Morgan fingerprint density at radius 2 is 2.00 bits per heavy atom. The Hall–Kier alpha value is -2.76. The van der Waals surface area contributed by atoms with Crippen molar-refractivity contribution in [3.63, 3.8) is 0 Å². The maximum absolute atomic E-state index is 10.9. The van der Waals surface area contributed by atoms with Crippen LogP contribution >= 0.6 is 0 Å². The van der Waals surface area contributed by atoms with Gasteiger partial charge in [-0.1, -0.05) is 18.2 Å². The molecule has 1 N–H and O–H groups in total. The van der Waals surface area contributed by atoms with Crippen LogP contribution in [0.5, 0.6) is 0 Å². The number of anilines is 1. The zero-order valence-corrected chi connectivity index (χ0v) is 11.8. The summed E-state index contributed by atoms with van der Waals surface area (Å²) in [6, 6.07) is 8.44. The van der Waals surface area contributed by atoms with Crippen LogP contribution in [-0.4, -0.2) is 40.2 Å². The van der Waals surface area contributed by atoms with Gasteiger partial charge in [-0.15, -0.1) is 0 Å². The molecule has 1 saturated heterocycles. The predicted octanol–water partition coefficient (Wildman–Crippen LogP) is 0.238. The maximum atomic E-state index is 10.9. The van der Waals surface area contributed by atoms with Crippen molar-refractivity contribution in [2.75, 3.05) is 18.0 Å². The summed E-state index contributed by atoms with van der Waals surface area (Å²) in [4.78, 5) is 26.1. The van der Waals surface area contributed by atoms with Gasteiger partial charge >= 0.3 is 5.97 Å². The summed E-state index contributed by atoms with van der Waals surface area (Å²) in [5.41, 5.74) is 1.40. The van der Waals surface area contributed by atoms with Gasteiger partial charge in [-0.25, -0.2) is 14.8 Å². The molecule has 0 aliphatic carbocycles. The Kier molecular flexibility index (Phi) is 2.89. The fourth-order valence-electron chi connectivity index (χ4n) is 3.04. The van der Waals surface area contributed by atoms with Crippen LogP contribution < -0.4 is 15.5 Å². The lowest BCUT2D eigenvalue weighted by Crippen LogP contribution is -2.39. The van der Waals surface area contributed by atoms with Gasteiger partial charge in [0.05, 0.1) is 17.0 Å². The second-order valence-electron chi connectivity index (χ2n) is 5.47. The lowest BCUT2D eigenvalue weighted by molar-refractivity contribution is 0.0696. The van der Waals surface area contributed by atoms with Crippen molar-refractivity contribution < 1.29 is 9.90 Å². The smallest absolute Gasteiger partial charge is 0.338 e. The van der Waals surface area contributed by atoms with E-state index < -0.39 is 5.97 Å². The fourth-order valence-corrected chi connectivity index (χ4v) is 3.04. The average Bonchev–Trinajstić information content (AvgIpc) is 2.92. The molecule has 0 amide bonds. The highest BCUT2D eigenvalue weighted by Crippen LogP contribution is 2.23. The summed E-state index contributed by atoms with van der Waals surface area (Å²) in [5, 5.41) is 11.2. The number of aromatic nitrogens is 2. The minimum Gasteiger partial charge on any atom is -0.478 e. The Morgan fingerprint density at radius 3 is 2.77 bits per heavy atom. The van der Waals surface area contributed by atoms with Crippen molar-refractivity contribution in [2.45, 2.75) is 12.5 Å². The zero-order valence-electron chi connectivity index (χ0n) is 11.8. The van der Waals surface area contributed by atoms with E-state index in [1.54, 1.807) is 0 Å². The highest BCUT2D eigenvalue weighted by atomic mass is 16.4. The molecule has 2 aliphatic rings. The van der Waals surface area contributed by atoms with Crippen LogP contribution in [0.15, 0.2) is 41.7 Å². The van der Waals surface area contributed by atoms with Crippen molar-refractivity contribution in [1.82, 2.24) is 9.97 Å². The number of hydrogen-bond donors (Lipinski definition) is 1. The minimum absolute atomic E-state index is 0.104. The first-order valence-electron chi connectivity index (χ1n) is 7.18. The Labute approximate surface area is 126 Å². The van der Waals surface area contributed by atoms with Gasteiger partial charge in [0.2, 0.25) is 5.95 Å². The Morgan fingerprint density at radius 1 is 1.23 bits per heavy atom. The molecule has 3 heterocycles. The summed E-state index contributed by atoms with van der Waals surface area (Å²) >= 11 is 0. The van der Waals surface area contributed by atoms with E-state index in [4.69, 9.17) is 10.1 Å². The number of rotatable bonds is 2. The lowest BCUT2D eigenvalue weighted by Gasteiger charge is -2.31. The topological polar surface area (TPSA) is 78.7 Å². The minimum atomic E-state index is -1.01. The Balaban J connectivity index is 1.67. The molecule has 1 unspecified atom stereocenters. The standard InChI is InChI=1S/C16H14N4O2/c21-15(22)10-7-17-16(18-8-10)20-6-5-14-12(9-20)11-3-1-2-4-13(11)19-14/h1-4,7-8,14H,5-6,9H2,(H,21,22). The first kappa shape index (κ1) is 12.9. The second kappa shape index (κ2) is 4.91. The molecule has 1 aromatic carbocycles. The molecule has 110 valence electrons. The molecule has 1 atom stereocenters. The van der Waals surface area contributed by atoms with E-state index in [2.05, 4.69) is 20.9 Å². The summed E-state index contributed by atoms with van der Waals surface area (Å²) in [6.07, 6.45) is 3.64. The number of carboxylic acids is 1. The van der Waals surface area contributed by atoms with Gasteiger partial charge in [0.15, 0.2) is 0 Å². The molecule has 0 spiro atoms. The molecule has 1 fully saturated rings. The van der Waals surface area contributed by atoms with Gasteiger partial charge in [-0.05, 0) is 18.1 Å². The average molecular weight is 294 g/mol. The summed E-state index contributed by atoms with van der Waals surface area (Å²) in [7, 11) is 0. The van der Waals surface area contributed by atoms with Crippen LogP contribution in [0, 0.1) is 0 Å². The van der Waals surface area contributed by atoms with Crippen LogP contribution in [0.1, 0.15) is 16.8 Å². The van der Waals surface area contributed by atoms with Crippen LogP contribution in [-0.2, 0) is 0 Å². The molecule has 4 rings (SSSR count). The largest absolute Gasteiger partial charge is 0.478 e. The number of para-hydroxylation sites is 1. The molecule has 0 saturated carbocycles. The van der Waals surface area contributed by atoms with Gasteiger partial charge in [-0.3, -0.25) is 4.99 Å². The van der Waals surface area contributed by atoms with Gasteiger partial charge in [0.1, 0.15) is 0 Å². The number of fused-ring (bicyclic) bond motifs is 2. The number of aromatic carboxylic acids is 1. The normalized spacial score (nSPS) is 19.4. The molecular formula is C16H14N4O2. The van der Waals surface area contributed by atoms with E-state index in [1.807, 2.05) is 18.2 Å². The third kappa shape index (κ3) is 2.04. The number of nitrogens with zero attached hydrogens (tertiary/aromatic N) is 4. The maximum Gasteiger partial charge on any atom is 0.338 e. The van der Waals surface area contributed by atoms with Crippen molar-refractivity contribution >= 4 is 17.5 Å². The number of benzene rings is 1. The quantitative estimate of drug-likeness (QED) is 0.858. The third-order valence-corrected chi connectivity index (χ3v) is 4.15. The number of carbonyl (C=O) groups is 1. The molecule has 0 radical (unpaired) electrons. The summed E-state index contributed by atoms with van der Waals surface area (Å²) < 4.78 is 0. The third-order valence-electron chi connectivity index (χ3n) is 4.15. The van der Waals surface area contributed by atoms with E-state index in [0.717, 1.165) is 24.9 Å². The first-order valence-corrected chi connectivity index (χ1v) is 7.18. The van der Waals surface area contributed by atoms with E-state index in [9.17, 15) is 4.79 Å². The molecular weight excluding hydrogens is 280 g/mol. The number of carboxylic acid groups (broad SMARTS) is 1. The second-order valence-corrected chi connectivity index (χ2v) is 5.47. The van der Waals surface area contributed by atoms with Gasteiger partial charge in [0.25, 0.3) is 0 Å². The molecule has 6 heteroatoms. The predicted molar refractivity (Wildman–Crippen MR) is 80.2 cm³/mol. The molecule has 22 heavy (non-hydrogen) atoms. The highest BCUT2D eigenvalue weighted by molar-refractivity contribution is 5.86. The highest BCUT2D eigenvalue weighted by Gasteiger charge is 2.28. The number of piperidine rings is 1. The van der Waals surface area contributed by atoms with Crippen LogP contribution in [0.2, 0.25) is 0 Å². The van der Waals surface area contributed by atoms with E-state index >= 15 is 0 Å². The van der Waals surface area contributed by atoms with Gasteiger partial charge < -0.3 is 10.0 Å². The van der Waals surface area contributed by atoms with Crippen molar-refractivity contribution in [3.8, 4) is 0 Å². The Bertz CT molecular complexity index is 860. The molecule has 1 aromatic heterocycles. The number of hydrogen-bond acceptors (Lipinski definition) is 5. The van der Waals surface area contributed by atoms with Crippen molar-refractivity contribution in [1.29, 1.82) is 0 Å². The molecule has 6 nitrogen and oxygen atoms in total. The van der Waals surface area contributed by atoms with Crippen LogP contribution in [0.4, 0.5) is 5.95 Å². The monoisotopic (exact) mass is 294 g/mol. The molecule has 0 bridgehead atoms. The summed E-state index contributed by atoms with van der Waals surface area (Å²) in [5.74, 6) is -0.441. The first-order chi connectivity index (χ1) is 10.7. The van der Waals surface area contributed by atoms with E-state index in [0.29, 0.717) is 5.95 Å². The summed E-state index contributed by atoms with van der Waals surface area (Å²) in [6.45, 7) is 1.55. The van der Waals surface area contributed by atoms with Crippen LogP contribution in [0.25, 0.3) is 5.57 Å². The van der Waals surface area contributed by atoms with Crippen molar-refractivity contribution in [2.24, 2.45) is 4.99 Å². The van der Waals surface area contributed by atoms with Gasteiger partial charge in [-0.2, -0.15) is 0 Å². The lowest BCUT2D eigenvalue weighted by atomic mass is 9.99. The van der Waals surface area contributed by atoms with Gasteiger partial charge in [0, 0.05) is 30.7 Å². The SMILES string of the molecule is O=C(O)c1cnc(N2CCC3N=c4ccccc4=C3C2)nc1. The van der Waals surface area contributed by atoms with Crippen LogP contribution in [0.3, 0.4) is 0 Å². The fraction of sp³-hybridized carbons (Fsp3) is 0.250. The van der Waals surface area contributed by atoms with E-state index in [1.165, 1.54) is 23.2 Å². The van der Waals surface area contributed by atoms with Crippen molar-refractivity contribution in [3.05, 3.63) is 52.8 Å². The van der Waals surface area contributed by atoms with E-state index in [-0.39, 0.29) is 11.6 Å². The molecule has 2 aliphatic heterocycles.